The molecular formula is C5H8I2N2. The van der Waals surface area contributed by atoms with E-state index in [1.165, 1.54) is 3.70 Å². The fourth-order valence-corrected chi connectivity index (χ4v) is 1.18. The van der Waals surface area contributed by atoms with Gasteiger partial charge >= 0.3 is 0 Å². The third-order valence-corrected chi connectivity index (χ3v) is 2.04. The molecule has 0 saturated carbocycles. The number of aryl methyl sites for hydroxylation is 2. The molecule has 0 fully saturated rings. The van der Waals surface area contributed by atoms with E-state index in [0.29, 0.717) is 0 Å². The molecular weight excluding hydrogens is 342 g/mol. The first kappa shape index (κ1) is 9.67. The van der Waals surface area contributed by atoms with Crippen LogP contribution in [0.4, 0.5) is 0 Å². The number of imidazole rings is 1. The Bertz CT molecular complexity index is 175. The molecule has 2 nitrogen and oxygen atoms in total. The summed E-state index contributed by atoms with van der Waals surface area (Å²) in [6, 6.07) is 0. The van der Waals surface area contributed by atoms with Crippen LogP contribution in [0, 0.1) is 3.70 Å². The largest absolute Gasteiger partial charge is 1.00 e. The standard InChI is InChI=1S/C5H8IN2.HI/c1-7-3-5(6)8(2)4-7;/h3-4H,1-2H3;1H/q+1;/p-1. The van der Waals surface area contributed by atoms with Crippen molar-refractivity contribution in [1.29, 1.82) is 0 Å². The number of aromatic nitrogens is 2. The Morgan fingerprint density at radius 1 is 1.67 bits per heavy atom. The minimum absolute atomic E-state index is 0. The van der Waals surface area contributed by atoms with Gasteiger partial charge in [0.05, 0.1) is 14.1 Å². The van der Waals surface area contributed by atoms with Gasteiger partial charge in [-0.05, 0) is 0 Å². The zero-order valence-corrected chi connectivity index (χ0v) is 9.62. The van der Waals surface area contributed by atoms with Crippen LogP contribution in [0.15, 0.2) is 12.5 Å². The summed E-state index contributed by atoms with van der Waals surface area (Å²) in [7, 11) is 4.05. The molecule has 0 atom stereocenters. The lowest BCUT2D eigenvalue weighted by atomic mass is 10.9. The maximum atomic E-state index is 2.29. The van der Waals surface area contributed by atoms with Gasteiger partial charge in [0.2, 0.25) is 10.0 Å². The molecule has 0 unspecified atom stereocenters. The first-order valence-electron chi connectivity index (χ1n) is 2.37. The summed E-state index contributed by atoms with van der Waals surface area (Å²) in [6.45, 7) is 0. The SMILES string of the molecule is Cn1c[n+](C)cc1I.[I-]. The molecule has 1 aromatic heterocycles. The first-order valence-corrected chi connectivity index (χ1v) is 3.45. The smallest absolute Gasteiger partial charge is 0.244 e. The maximum absolute atomic E-state index is 2.29. The highest BCUT2D eigenvalue weighted by Gasteiger charge is 2.00. The van der Waals surface area contributed by atoms with Crippen molar-refractivity contribution in [1.82, 2.24) is 4.57 Å². The van der Waals surface area contributed by atoms with Gasteiger partial charge in [0.15, 0.2) is 0 Å². The van der Waals surface area contributed by atoms with Crippen molar-refractivity contribution in [2.24, 2.45) is 14.1 Å². The quantitative estimate of drug-likeness (QED) is 0.360. The number of hydrogen-bond acceptors (Lipinski definition) is 0. The van der Waals surface area contributed by atoms with Crippen LogP contribution in [0.25, 0.3) is 0 Å². The van der Waals surface area contributed by atoms with E-state index in [1.807, 2.05) is 25.0 Å². The van der Waals surface area contributed by atoms with Gasteiger partial charge in [0.1, 0.15) is 6.20 Å². The van der Waals surface area contributed by atoms with Crippen molar-refractivity contribution in [3.8, 4) is 0 Å². The lowest BCUT2D eigenvalue weighted by Crippen LogP contribution is -3.00. The molecule has 0 bridgehead atoms. The van der Waals surface area contributed by atoms with E-state index in [0.717, 1.165) is 0 Å². The monoisotopic (exact) mass is 350 g/mol. The van der Waals surface area contributed by atoms with Gasteiger partial charge in [-0.15, -0.1) is 0 Å². The molecule has 0 aliphatic heterocycles. The molecule has 1 heterocycles. The number of rotatable bonds is 0. The van der Waals surface area contributed by atoms with Gasteiger partial charge in [0.25, 0.3) is 0 Å². The van der Waals surface area contributed by atoms with Crippen molar-refractivity contribution in [2.75, 3.05) is 0 Å². The number of hydrogen-bond donors (Lipinski definition) is 0. The van der Waals surface area contributed by atoms with Crippen LogP contribution >= 0.6 is 22.6 Å². The van der Waals surface area contributed by atoms with E-state index < -0.39 is 0 Å². The van der Waals surface area contributed by atoms with Crippen molar-refractivity contribution in [3.05, 3.63) is 16.2 Å². The summed E-state index contributed by atoms with van der Waals surface area (Å²) in [5.41, 5.74) is 0. The third-order valence-electron chi connectivity index (χ3n) is 1.00. The van der Waals surface area contributed by atoms with Gasteiger partial charge in [-0.2, -0.15) is 0 Å². The Hall–Kier alpha value is 0.670. The molecule has 0 N–H and O–H groups in total. The average Bonchev–Trinajstić information content (AvgIpc) is 1.85. The van der Waals surface area contributed by atoms with Crippen LogP contribution in [0.1, 0.15) is 0 Å². The first-order chi connectivity index (χ1) is 3.70. The molecule has 0 spiro atoms. The van der Waals surface area contributed by atoms with Crippen molar-refractivity contribution in [3.63, 3.8) is 0 Å². The van der Waals surface area contributed by atoms with Gasteiger partial charge in [-0.1, -0.05) is 0 Å². The zero-order valence-electron chi connectivity index (χ0n) is 5.31. The molecule has 1 aromatic rings. The Labute approximate surface area is 85.4 Å². The second-order valence-electron chi connectivity index (χ2n) is 1.84. The van der Waals surface area contributed by atoms with Crippen LogP contribution in [-0.4, -0.2) is 4.57 Å². The molecule has 0 amide bonds. The lowest BCUT2D eigenvalue weighted by Gasteiger charge is -1.76. The predicted molar refractivity (Wildman–Crippen MR) is 39.3 cm³/mol. The molecule has 0 aliphatic carbocycles. The number of halogens is 2. The van der Waals surface area contributed by atoms with Crippen LogP contribution < -0.4 is 28.5 Å². The van der Waals surface area contributed by atoms with Crippen LogP contribution in [0.2, 0.25) is 0 Å². The van der Waals surface area contributed by atoms with E-state index in [9.17, 15) is 0 Å². The van der Waals surface area contributed by atoms with E-state index in [-0.39, 0.29) is 24.0 Å². The van der Waals surface area contributed by atoms with Gasteiger partial charge in [-0.25, -0.2) is 9.13 Å². The number of nitrogens with zero attached hydrogens (tertiary/aromatic N) is 2. The van der Waals surface area contributed by atoms with Gasteiger partial charge in [-0.3, -0.25) is 0 Å². The summed E-state index contributed by atoms with van der Waals surface area (Å²) in [5.74, 6) is 0. The van der Waals surface area contributed by atoms with E-state index >= 15 is 0 Å². The summed E-state index contributed by atoms with van der Waals surface area (Å²) in [6.07, 6.45) is 4.10. The zero-order chi connectivity index (χ0) is 6.15. The highest BCUT2D eigenvalue weighted by molar-refractivity contribution is 14.1. The van der Waals surface area contributed by atoms with Gasteiger partial charge in [0, 0.05) is 22.6 Å². The molecule has 4 heteroatoms. The van der Waals surface area contributed by atoms with Crippen LogP contribution in [0.3, 0.4) is 0 Å². The Kier molecular flexibility index (Phi) is 4.02. The molecule has 0 aromatic carbocycles. The summed E-state index contributed by atoms with van der Waals surface area (Å²) in [5, 5.41) is 0. The van der Waals surface area contributed by atoms with Crippen molar-refractivity contribution in [2.45, 2.75) is 0 Å². The topological polar surface area (TPSA) is 8.81 Å². The van der Waals surface area contributed by atoms with E-state index in [1.54, 1.807) is 0 Å². The fourth-order valence-electron chi connectivity index (χ4n) is 0.621. The minimum atomic E-state index is 0. The molecule has 9 heavy (non-hydrogen) atoms. The molecule has 1 rings (SSSR count). The highest BCUT2D eigenvalue weighted by atomic mass is 127. The molecule has 0 saturated heterocycles. The second kappa shape index (κ2) is 3.75. The summed E-state index contributed by atoms with van der Waals surface area (Å²) in [4.78, 5) is 0. The van der Waals surface area contributed by atoms with E-state index in [2.05, 4.69) is 33.4 Å². The Morgan fingerprint density at radius 3 is 2.33 bits per heavy atom. The molecule has 52 valence electrons. The minimum Gasteiger partial charge on any atom is -1.00 e. The van der Waals surface area contributed by atoms with Crippen LogP contribution in [0.5, 0.6) is 0 Å². The Morgan fingerprint density at radius 2 is 2.22 bits per heavy atom. The fraction of sp³-hybridized carbons (Fsp3) is 0.400. The predicted octanol–water partition coefficient (Wildman–Crippen LogP) is -2.54. The second-order valence-corrected chi connectivity index (χ2v) is 2.95. The molecule has 0 radical (unpaired) electrons. The molecule has 0 aliphatic rings. The normalized spacial score (nSPS) is 8.78. The van der Waals surface area contributed by atoms with Crippen LogP contribution in [-0.2, 0) is 14.1 Å². The van der Waals surface area contributed by atoms with Crippen molar-refractivity contribution < 1.29 is 28.5 Å². The highest BCUT2D eigenvalue weighted by Crippen LogP contribution is 1.96. The Balaban J connectivity index is 0.000000640. The van der Waals surface area contributed by atoms with E-state index in [4.69, 9.17) is 0 Å². The maximum Gasteiger partial charge on any atom is 0.244 e. The lowest BCUT2D eigenvalue weighted by molar-refractivity contribution is -0.671. The van der Waals surface area contributed by atoms with Crippen molar-refractivity contribution >= 4 is 22.6 Å². The average molecular weight is 350 g/mol. The summed E-state index contributed by atoms with van der Waals surface area (Å²) < 4.78 is 5.35. The van der Waals surface area contributed by atoms with Gasteiger partial charge < -0.3 is 24.0 Å². The third kappa shape index (κ3) is 2.40. The summed E-state index contributed by atoms with van der Waals surface area (Å²) >= 11 is 2.29.